The Labute approximate surface area is 99.6 Å². The Kier molecular flexibility index (Phi) is 3.96. The van der Waals surface area contributed by atoms with Crippen molar-refractivity contribution in [1.29, 1.82) is 0 Å². The van der Waals surface area contributed by atoms with Gasteiger partial charge in [-0.15, -0.1) is 0 Å². The fourth-order valence-corrected chi connectivity index (χ4v) is 1.43. The normalized spacial score (nSPS) is 13.9. The molecule has 94 valence electrons. The van der Waals surface area contributed by atoms with Gasteiger partial charge < -0.3 is 19.7 Å². The Morgan fingerprint density at radius 2 is 2.12 bits per heavy atom. The zero-order valence-corrected chi connectivity index (χ0v) is 10.1. The zero-order chi connectivity index (χ0) is 13.1. The number of phenols is 1. The van der Waals surface area contributed by atoms with Crippen LogP contribution < -0.4 is 4.74 Å². The van der Waals surface area contributed by atoms with Crippen LogP contribution in [0.15, 0.2) is 18.2 Å². The Morgan fingerprint density at radius 1 is 1.47 bits per heavy atom. The van der Waals surface area contributed by atoms with E-state index in [1.54, 1.807) is 13.0 Å². The number of benzene rings is 1. The lowest BCUT2D eigenvalue weighted by molar-refractivity contribution is -0.164. The first-order valence-corrected chi connectivity index (χ1v) is 5.20. The third-order valence-corrected chi connectivity index (χ3v) is 2.40. The van der Waals surface area contributed by atoms with E-state index in [0.29, 0.717) is 5.75 Å². The lowest BCUT2D eigenvalue weighted by Gasteiger charge is -2.22. The molecule has 0 heterocycles. The molecule has 0 radical (unpaired) electrons. The molecular formula is C12H16O5. The molecule has 0 fully saturated rings. The molecule has 1 unspecified atom stereocenters. The van der Waals surface area contributed by atoms with Crippen LogP contribution in [0.4, 0.5) is 0 Å². The molecule has 0 aliphatic heterocycles. The molecule has 1 aromatic carbocycles. The minimum Gasteiger partial charge on any atom is -0.507 e. The van der Waals surface area contributed by atoms with Gasteiger partial charge in [0.15, 0.2) is 5.60 Å². The molecule has 1 atom stereocenters. The van der Waals surface area contributed by atoms with Crippen LogP contribution >= 0.6 is 0 Å². The van der Waals surface area contributed by atoms with Crippen molar-refractivity contribution in [1.82, 2.24) is 0 Å². The Morgan fingerprint density at radius 3 is 2.59 bits per heavy atom. The van der Waals surface area contributed by atoms with Crippen LogP contribution in [0, 0.1) is 0 Å². The van der Waals surface area contributed by atoms with Crippen LogP contribution in [0.3, 0.4) is 0 Å². The Bertz CT molecular complexity index is 411. The Balaban J connectivity index is 3.10. The van der Waals surface area contributed by atoms with Gasteiger partial charge in [-0.25, -0.2) is 4.79 Å². The van der Waals surface area contributed by atoms with Crippen LogP contribution in [0.5, 0.6) is 11.5 Å². The summed E-state index contributed by atoms with van der Waals surface area (Å²) in [6, 6.07) is 4.29. The van der Waals surface area contributed by atoms with E-state index in [4.69, 9.17) is 9.47 Å². The van der Waals surface area contributed by atoms with Crippen LogP contribution in [-0.2, 0) is 15.1 Å². The van der Waals surface area contributed by atoms with Crippen molar-refractivity contribution in [3.05, 3.63) is 23.8 Å². The molecule has 0 aromatic heterocycles. The number of aromatic hydroxyl groups is 1. The van der Waals surface area contributed by atoms with Gasteiger partial charge in [0.05, 0.1) is 13.7 Å². The van der Waals surface area contributed by atoms with E-state index in [-0.39, 0.29) is 17.9 Å². The Hall–Kier alpha value is -1.75. The highest BCUT2D eigenvalue weighted by Gasteiger charge is 2.36. The quantitative estimate of drug-likeness (QED) is 0.773. The second-order valence-corrected chi connectivity index (χ2v) is 3.68. The van der Waals surface area contributed by atoms with Gasteiger partial charge in [0.2, 0.25) is 0 Å². The third kappa shape index (κ3) is 2.68. The zero-order valence-electron chi connectivity index (χ0n) is 10.1. The van der Waals surface area contributed by atoms with Gasteiger partial charge in [-0.2, -0.15) is 0 Å². The SMILES string of the molecule is CCOC(=O)C(C)(O)c1ccc(OC)cc1O. The molecule has 1 rings (SSSR count). The molecule has 0 amide bonds. The predicted molar refractivity (Wildman–Crippen MR) is 60.9 cm³/mol. The number of hydrogen-bond donors (Lipinski definition) is 2. The molecule has 2 N–H and O–H groups in total. The lowest BCUT2D eigenvalue weighted by atomic mass is 9.95. The number of aliphatic hydroxyl groups is 1. The van der Waals surface area contributed by atoms with Crippen LogP contribution in [0.1, 0.15) is 19.4 Å². The number of hydrogen-bond acceptors (Lipinski definition) is 5. The maximum Gasteiger partial charge on any atom is 0.342 e. The first kappa shape index (κ1) is 13.3. The molecule has 1 aromatic rings. The highest BCUT2D eigenvalue weighted by atomic mass is 16.5. The van der Waals surface area contributed by atoms with Gasteiger partial charge in [-0.05, 0) is 26.0 Å². The lowest BCUT2D eigenvalue weighted by Crippen LogP contribution is -2.34. The molecule has 5 nitrogen and oxygen atoms in total. The van der Waals surface area contributed by atoms with E-state index in [9.17, 15) is 15.0 Å². The number of methoxy groups -OCH3 is 1. The first-order chi connectivity index (χ1) is 7.93. The highest BCUT2D eigenvalue weighted by molar-refractivity contribution is 5.81. The largest absolute Gasteiger partial charge is 0.507 e. The summed E-state index contributed by atoms with van der Waals surface area (Å²) >= 11 is 0. The summed E-state index contributed by atoms with van der Waals surface area (Å²) in [4.78, 5) is 11.6. The second kappa shape index (κ2) is 5.05. The molecule has 0 aliphatic rings. The standard InChI is InChI=1S/C12H16O5/c1-4-17-11(14)12(2,15)9-6-5-8(16-3)7-10(9)13/h5-7,13,15H,4H2,1-3H3. The summed E-state index contributed by atoms with van der Waals surface area (Å²) < 4.78 is 9.65. The molecule has 17 heavy (non-hydrogen) atoms. The van der Waals surface area contributed by atoms with Crippen molar-refractivity contribution in [3.63, 3.8) is 0 Å². The summed E-state index contributed by atoms with van der Waals surface area (Å²) in [7, 11) is 1.46. The van der Waals surface area contributed by atoms with Gasteiger partial charge in [0.1, 0.15) is 11.5 Å². The molecular weight excluding hydrogens is 224 g/mol. The van der Waals surface area contributed by atoms with E-state index in [1.807, 2.05) is 0 Å². The molecule has 0 saturated heterocycles. The average molecular weight is 240 g/mol. The number of ether oxygens (including phenoxy) is 2. The molecule has 5 heteroatoms. The summed E-state index contributed by atoms with van der Waals surface area (Å²) in [6.07, 6.45) is 0. The monoisotopic (exact) mass is 240 g/mol. The first-order valence-electron chi connectivity index (χ1n) is 5.20. The number of rotatable bonds is 4. The van der Waals surface area contributed by atoms with E-state index < -0.39 is 11.6 Å². The second-order valence-electron chi connectivity index (χ2n) is 3.68. The number of carbonyl (C=O) groups excluding carboxylic acids is 1. The van der Waals surface area contributed by atoms with Crippen molar-refractivity contribution in [2.45, 2.75) is 19.4 Å². The van der Waals surface area contributed by atoms with Crippen molar-refractivity contribution in [2.24, 2.45) is 0 Å². The number of esters is 1. The maximum atomic E-state index is 11.6. The maximum absolute atomic E-state index is 11.6. The smallest absolute Gasteiger partial charge is 0.342 e. The summed E-state index contributed by atoms with van der Waals surface area (Å²) in [5.41, 5.74) is -1.80. The predicted octanol–water partition coefficient (Wildman–Crippen LogP) is 1.17. The molecule has 0 spiro atoms. The van der Waals surface area contributed by atoms with Crippen molar-refractivity contribution in [3.8, 4) is 11.5 Å². The summed E-state index contributed by atoms with van der Waals surface area (Å²) in [6.45, 7) is 3.07. The summed E-state index contributed by atoms with van der Waals surface area (Å²) in [5.74, 6) is -0.589. The summed E-state index contributed by atoms with van der Waals surface area (Å²) in [5, 5.41) is 19.8. The van der Waals surface area contributed by atoms with Crippen LogP contribution in [0.25, 0.3) is 0 Å². The van der Waals surface area contributed by atoms with Crippen molar-refractivity contribution < 1.29 is 24.5 Å². The molecule has 0 aliphatic carbocycles. The van der Waals surface area contributed by atoms with Crippen molar-refractivity contribution >= 4 is 5.97 Å². The average Bonchev–Trinajstić information content (AvgIpc) is 2.28. The molecule has 0 saturated carbocycles. The van der Waals surface area contributed by atoms with E-state index in [2.05, 4.69) is 0 Å². The van der Waals surface area contributed by atoms with Crippen LogP contribution in [0.2, 0.25) is 0 Å². The minimum absolute atomic E-state index is 0.0803. The highest BCUT2D eigenvalue weighted by Crippen LogP contribution is 2.32. The topological polar surface area (TPSA) is 76.0 Å². The van der Waals surface area contributed by atoms with Gasteiger partial charge in [-0.3, -0.25) is 0 Å². The molecule has 0 bridgehead atoms. The van der Waals surface area contributed by atoms with E-state index >= 15 is 0 Å². The number of phenolic OH excluding ortho intramolecular Hbond substituents is 1. The van der Waals surface area contributed by atoms with E-state index in [1.165, 1.54) is 26.2 Å². The fourth-order valence-electron chi connectivity index (χ4n) is 1.43. The van der Waals surface area contributed by atoms with Gasteiger partial charge in [0.25, 0.3) is 0 Å². The van der Waals surface area contributed by atoms with Gasteiger partial charge >= 0.3 is 5.97 Å². The minimum atomic E-state index is -1.88. The van der Waals surface area contributed by atoms with Crippen molar-refractivity contribution in [2.75, 3.05) is 13.7 Å². The van der Waals surface area contributed by atoms with Gasteiger partial charge in [-0.1, -0.05) is 0 Å². The van der Waals surface area contributed by atoms with Crippen LogP contribution in [-0.4, -0.2) is 29.9 Å². The number of carbonyl (C=O) groups is 1. The van der Waals surface area contributed by atoms with Gasteiger partial charge in [0, 0.05) is 11.6 Å². The van der Waals surface area contributed by atoms with E-state index in [0.717, 1.165) is 0 Å². The fraction of sp³-hybridized carbons (Fsp3) is 0.417. The third-order valence-electron chi connectivity index (χ3n) is 2.40.